The van der Waals surface area contributed by atoms with Gasteiger partial charge in [-0.2, -0.15) is 0 Å². The number of aliphatic hydroxyl groups excluding tert-OH is 1. The Morgan fingerprint density at radius 3 is 2.39 bits per heavy atom. The molecule has 5 nitrogen and oxygen atoms in total. The summed E-state index contributed by atoms with van der Waals surface area (Å²) < 4.78 is 11.1. The summed E-state index contributed by atoms with van der Waals surface area (Å²) in [5.41, 5.74) is -1.29. The molecule has 1 unspecified atom stereocenters. The quantitative estimate of drug-likeness (QED) is 0.825. The van der Waals surface area contributed by atoms with E-state index >= 15 is 0 Å². The molecule has 0 radical (unpaired) electrons. The molecule has 0 bridgehead atoms. The summed E-state index contributed by atoms with van der Waals surface area (Å²) in [7, 11) is 0. The van der Waals surface area contributed by atoms with Crippen LogP contribution in [0.5, 0.6) is 0 Å². The summed E-state index contributed by atoms with van der Waals surface area (Å²) in [4.78, 5) is 13.8. The van der Waals surface area contributed by atoms with Gasteiger partial charge in [0.1, 0.15) is 17.4 Å². The number of aliphatic hydroxyl groups is 1. The number of hydrogen-bond donors (Lipinski definition) is 1. The molecule has 1 saturated heterocycles. The predicted molar refractivity (Wildman–Crippen MR) is 68.2 cm³/mol. The smallest absolute Gasteiger partial charge is 0.412 e. The van der Waals surface area contributed by atoms with E-state index in [0.29, 0.717) is 6.42 Å². The topological polar surface area (TPSA) is 59.0 Å². The van der Waals surface area contributed by atoms with E-state index < -0.39 is 17.4 Å². The number of carbonyl (C=O) groups excluding carboxylic acids is 1. The van der Waals surface area contributed by atoms with Gasteiger partial charge < -0.3 is 14.6 Å². The Balaban J connectivity index is 2.92. The van der Waals surface area contributed by atoms with Gasteiger partial charge in [0.05, 0.1) is 12.6 Å². The molecule has 1 amide bonds. The molecule has 0 aromatic carbocycles. The van der Waals surface area contributed by atoms with Gasteiger partial charge in [0.15, 0.2) is 0 Å². The molecule has 1 aliphatic heterocycles. The molecule has 0 aromatic rings. The Bertz CT molecular complexity index is 309. The van der Waals surface area contributed by atoms with Crippen LogP contribution in [0.1, 0.15) is 48.0 Å². The Hall–Kier alpha value is -0.810. The Labute approximate surface area is 109 Å². The number of nitrogens with zero attached hydrogens (tertiary/aromatic N) is 1. The highest BCUT2D eigenvalue weighted by atomic mass is 16.6. The van der Waals surface area contributed by atoms with Crippen LogP contribution in [0.2, 0.25) is 0 Å². The first-order chi connectivity index (χ1) is 8.12. The van der Waals surface area contributed by atoms with Crippen LogP contribution in [0.25, 0.3) is 0 Å². The molecule has 1 fully saturated rings. The molecule has 1 N–H and O–H groups in total. The molecule has 18 heavy (non-hydrogen) atoms. The summed E-state index contributed by atoms with van der Waals surface area (Å²) in [5.74, 6) is 0. The van der Waals surface area contributed by atoms with Crippen LogP contribution < -0.4 is 0 Å². The van der Waals surface area contributed by atoms with E-state index in [2.05, 4.69) is 0 Å². The van der Waals surface area contributed by atoms with E-state index in [-0.39, 0.29) is 18.8 Å². The second kappa shape index (κ2) is 5.05. The van der Waals surface area contributed by atoms with E-state index in [4.69, 9.17) is 9.47 Å². The number of ether oxygens (including phenoxy) is 2. The third-order valence-corrected chi connectivity index (χ3v) is 2.97. The van der Waals surface area contributed by atoms with Gasteiger partial charge in [-0.3, -0.25) is 4.90 Å². The zero-order valence-electron chi connectivity index (χ0n) is 12.2. The molecule has 5 heteroatoms. The average Bonchev–Trinajstić information content (AvgIpc) is 2.45. The summed E-state index contributed by atoms with van der Waals surface area (Å²) in [6.45, 7) is 11.0. The first-order valence-electron chi connectivity index (χ1n) is 6.43. The van der Waals surface area contributed by atoms with E-state index in [1.807, 2.05) is 41.5 Å². The van der Waals surface area contributed by atoms with Gasteiger partial charge in [-0.15, -0.1) is 0 Å². The van der Waals surface area contributed by atoms with Crippen LogP contribution in [0, 0.1) is 0 Å². The molecule has 1 heterocycles. The second-order valence-corrected chi connectivity index (χ2v) is 6.11. The first kappa shape index (κ1) is 15.2. The van der Waals surface area contributed by atoms with Gasteiger partial charge in [-0.05, 0) is 41.0 Å². The van der Waals surface area contributed by atoms with Crippen molar-refractivity contribution in [2.45, 2.75) is 71.4 Å². The third kappa shape index (κ3) is 3.14. The lowest BCUT2D eigenvalue weighted by atomic mass is 10.1. The van der Waals surface area contributed by atoms with Gasteiger partial charge in [-0.1, -0.05) is 6.92 Å². The molecule has 2 atom stereocenters. The van der Waals surface area contributed by atoms with E-state index in [9.17, 15) is 9.90 Å². The Morgan fingerprint density at radius 2 is 2.00 bits per heavy atom. The Morgan fingerprint density at radius 1 is 1.44 bits per heavy atom. The maximum Gasteiger partial charge on any atom is 0.412 e. The molecule has 0 spiro atoms. The van der Waals surface area contributed by atoms with Crippen LogP contribution in [0.3, 0.4) is 0 Å². The lowest BCUT2D eigenvalue weighted by molar-refractivity contribution is -0.0866. The van der Waals surface area contributed by atoms with Crippen LogP contribution in [-0.2, 0) is 9.47 Å². The SMILES string of the molecule is CC[C@H]1C(CO)OC(C)(C)N1C(=O)OC(C)(C)C. The molecule has 0 aliphatic carbocycles. The third-order valence-electron chi connectivity index (χ3n) is 2.97. The zero-order valence-corrected chi connectivity index (χ0v) is 12.2. The highest BCUT2D eigenvalue weighted by Gasteiger charge is 2.50. The monoisotopic (exact) mass is 259 g/mol. The zero-order chi connectivity index (χ0) is 14.1. The van der Waals surface area contributed by atoms with Crippen molar-refractivity contribution in [1.29, 1.82) is 0 Å². The molecule has 1 rings (SSSR count). The van der Waals surface area contributed by atoms with Crippen LogP contribution >= 0.6 is 0 Å². The summed E-state index contributed by atoms with van der Waals surface area (Å²) >= 11 is 0. The van der Waals surface area contributed by atoms with Crippen molar-refractivity contribution >= 4 is 6.09 Å². The van der Waals surface area contributed by atoms with Gasteiger partial charge >= 0.3 is 6.09 Å². The fourth-order valence-corrected chi connectivity index (χ4v) is 2.34. The van der Waals surface area contributed by atoms with Crippen LogP contribution in [-0.4, -0.2) is 46.2 Å². The van der Waals surface area contributed by atoms with Gasteiger partial charge in [0, 0.05) is 0 Å². The number of amides is 1. The second-order valence-electron chi connectivity index (χ2n) is 6.11. The fourth-order valence-electron chi connectivity index (χ4n) is 2.34. The fraction of sp³-hybridized carbons (Fsp3) is 0.923. The summed E-state index contributed by atoms with van der Waals surface area (Å²) in [6, 6.07) is -0.153. The van der Waals surface area contributed by atoms with Gasteiger partial charge in [0.2, 0.25) is 0 Å². The normalized spacial score (nSPS) is 27.4. The highest BCUT2D eigenvalue weighted by Crippen LogP contribution is 2.34. The lowest BCUT2D eigenvalue weighted by Crippen LogP contribution is -2.50. The van der Waals surface area contributed by atoms with Gasteiger partial charge in [-0.25, -0.2) is 4.79 Å². The summed E-state index contributed by atoms with van der Waals surface area (Å²) in [6.07, 6.45) is -0.0266. The van der Waals surface area contributed by atoms with Crippen molar-refractivity contribution in [3.05, 3.63) is 0 Å². The van der Waals surface area contributed by atoms with Crippen molar-refractivity contribution in [2.75, 3.05) is 6.61 Å². The van der Waals surface area contributed by atoms with Crippen molar-refractivity contribution in [3.63, 3.8) is 0 Å². The van der Waals surface area contributed by atoms with Crippen LogP contribution in [0.15, 0.2) is 0 Å². The molecule has 106 valence electrons. The minimum atomic E-state index is -0.754. The lowest BCUT2D eigenvalue weighted by Gasteiger charge is -2.34. The van der Waals surface area contributed by atoms with Crippen molar-refractivity contribution in [3.8, 4) is 0 Å². The van der Waals surface area contributed by atoms with Crippen LogP contribution in [0.4, 0.5) is 4.79 Å². The standard InChI is InChI=1S/C13H25NO4/c1-7-9-10(8-15)17-13(5,6)14(9)11(16)18-12(2,3)4/h9-10,15H,7-8H2,1-6H3/t9-,10?/m0/s1. The van der Waals surface area contributed by atoms with Crippen molar-refractivity contribution in [1.82, 2.24) is 4.90 Å². The Kier molecular flexibility index (Phi) is 4.28. The average molecular weight is 259 g/mol. The largest absolute Gasteiger partial charge is 0.444 e. The number of hydrogen-bond acceptors (Lipinski definition) is 4. The molecule has 0 aromatic heterocycles. The summed E-state index contributed by atoms with van der Waals surface area (Å²) in [5, 5.41) is 9.33. The van der Waals surface area contributed by atoms with E-state index in [1.54, 1.807) is 4.90 Å². The highest BCUT2D eigenvalue weighted by molar-refractivity contribution is 5.69. The van der Waals surface area contributed by atoms with E-state index in [0.717, 1.165) is 0 Å². The van der Waals surface area contributed by atoms with Crippen molar-refractivity contribution in [2.24, 2.45) is 0 Å². The molecule has 0 saturated carbocycles. The minimum absolute atomic E-state index is 0.0960. The maximum atomic E-state index is 12.2. The minimum Gasteiger partial charge on any atom is -0.444 e. The molecular weight excluding hydrogens is 234 g/mol. The molecular formula is C13H25NO4. The molecule has 1 aliphatic rings. The first-order valence-corrected chi connectivity index (χ1v) is 6.43. The maximum absolute atomic E-state index is 12.2. The van der Waals surface area contributed by atoms with E-state index in [1.165, 1.54) is 0 Å². The predicted octanol–water partition coefficient (Wildman–Crippen LogP) is 2.13. The number of carbonyl (C=O) groups is 1. The van der Waals surface area contributed by atoms with Crippen molar-refractivity contribution < 1.29 is 19.4 Å². The van der Waals surface area contributed by atoms with Gasteiger partial charge in [0.25, 0.3) is 0 Å². The number of rotatable bonds is 2.